The number of nitrogens with zero attached hydrogens (tertiary/aromatic N) is 2. The fourth-order valence-electron chi connectivity index (χ4n) is 4.26. The lowest BCUT2D eigenvalue weighted by Crippen LogP contribution is -2.44. The molecule has 3 unspecified atom stereocenters. The Hall–Kier alpha value is -1.31. The van der Waals surface area contributed by atoms with Crippen LogP contribution in [-0.2, 0) is 9.59 Å². The van der Waals surface area contributed by atoms with Gasteiger partial charge in [0.2, 0.25) is 0 Å². The molecule has 3 atom stereocenters. The van der Waals surface area contributed by atoms with Crippen LogP contribution >= 0.6 is 0 Å². The molecule has 0 aromatic carbocycles. The van der Waals surface area contributed by atoms with Crippen LogP contribution in [0.5, 0.6) is 0 Å². The zero-order valence-corrected chi connectivity index (χ0v) is 19.7. The molecule has 1 saturated heterocycles. The zero-order valence-electron chi connectivity index (χ0n) is 19.7. The van der Waals surface area contributed by atoms with Gasteiger partial charge in [0.1, 0.15) is 5.78 Å². The van der Waals surface area contributed by atoms with Crippen molar-refractivity contribution in [3.8, 4) is 0 Å². The molecule has 174 valence electrons. The van der Waals surface area contributed by atoms with Gasteiger partial charge in [-0.25, -0.2) is 0 Å². The van der Waals surface area contributed by atoms with Crippen molar-refractivity contribution in [2.75, 3.05) is 26.2 Å². The molecule has 1 aliphatic rings. The summed E-state index contributed by atoms with van der Waals surface area (Å²) in [5.41, 5.74) is 17.0. The number of carbonyl (C=O) groups excluding carboxylic acids is 2. The molecule has 30 heavy (non-hydrogen) atoms. The molecule has 0 aromatic rings. The summed E-state index contributed by atoms with van der Waals surface area (Å²) in [7, 11) is 0. The van der Waals surface area contributed by atoms with Gasteiger partial charge in [-0.05, 0) is 58.5 Å². The second kappa shape index (κ2) is 13.2. The van der Waals surface area contributed by atoms with E-state index >= 15 is 0 Å². The molecule has 1 aliphatic heterocycles. The molecule has 0 aromatic heterocycles. The molecule has 0 bridgehead atoms. The lowest BCUT2D eigenvalue weighted by atomic mass is 9.78. The highest BCUT2D eigenvalue weighted by atomic mass is 16.1. The Bertz CT molecular complexity index is 566. The first kappa shape index (κ1) is 26.7. The second-order valence-electron chi connectivity index (χ2n) is 9.84. The van der Waals surface area contributed by atoms with Crippen molar-refractivity contribution in [2.24, 2.45) is 33.5 Å². The summed E-state index contributed by atoms with van der Waals surface area (Å²) in [5.74, 6) is 0.635. The highest BCUT2D eigenvalue weighted by Gasteiger charge is 2.36. The van der Waals surface area contributed by atoms with Gasteiger partial charge in [-0.2, -0.15) is 0 Å². The maximum Gasteiger partial charge on any atom is 0.150 e. The lowest BCUT2D eigenvalue weighted by Gasteiger charge is -2.29. The molecular weight excluding hydrogens is 378 g/mol. The average molecular weight is 424 g/mol. The zero-order chi connectivity index (χ0) is 22.7. The molecule has 0 spiro atoms. The van der Waals surface area contributed by atoms with Gasteiger partial charge in [-0.3, -0.25) is 19.5 Å². The Morgan fingerprint density at radius 2 is 1.87 bits per heavy atom. The van der Waals surface area contributed by atoms with E-state index in [1.54, 1.807) is 6.92 Å². The van der Waals surface area contributed by atoms with Gasteiger partial charge in [0.05, 0.1) is 11.9 Å². The monoisotopic (exact) mass is 423 g/mol. The summed E-state index contributed by atoms with van der Waals surface area (Å²) < 4.78 is 0. The van der Waals surface area contributed by atoms with Crippen LogP contribution in [0.1, 0.15) is 79.1 Å². The molecule has 0 aliphatic carbocycles. The molecule has 7 nitrogen and oxygen atoms in total. The molecule has 0 saturated carbocycles. The number of rotatable bonds is 14. The topological polar surface area (TPSA) is 128 Å². The first-order chi connectivity index (χ1) is 14.1. The van der Waals surface area contributed by atoms with Crippen LogP contribution < -0.4 is 17.2 Å². The number of Topliss-reactive ketones (excluding diaryl/α,β-unsaturated/α-hetero) is 2. The third kappa shape index (κ3) is 9.67. The molecule has 0 amide bonds. The third-order valence-electron chi connectivity index (χ3n) is 5.86. The van der Waals surface area contributed by atoms with E-state index in [0.717, 1.165) is 51.6 Å². The molecule has 1 heterocycles. The van der Waals surface area contributed by atoms with Crippen molar-refractivity contribution in [3.63, 3.8) is 0 Å². The van der Waals surface area contributed by atoms with Crippen LogP contribution in [0.25, 0.3) is 0 Å². The maximum absolute atomic E-state index is 13.2. The normalized spacial score (nSPS) is 20.3. The average Bonchev–Trinajstić information content (AvgIpc) is 3.10. The molecule has 1 fully saturated rings. The van der Waals surface area contributed by atoms with E-state index in [1.165, 1.54) is 0 Å². The van der Waals surface area contributed by atoms with E-state index in [2.05, 4.69) is 9.89 Å². The van der Waals surface area contributed by atoms with Gasteiger partial charge < -0.3 is 17.2 Å². The smallest absolute Gasteiger partial charge is 0.150 e. The van der Waals surface area contributed by atoms with Crippen molar-refractivity contribution in [2.45, 2.75) is 91.1 Å². The summed E-state index contributed by atoms with van der Waals surface area (Å²) >= 11 is 0. The van der Waals surface area contributed by atoms with Gasteiger partial charge in [0.15, 0.2) is 5.78 Å². The highest BCUT2D eigenvalue weighted by molar-refractivity contribution is 5.92. The minimum Gasteiger partial charge on any atom is -0.388 e. The number of nitrogens with two attached hydrogens (primary N) is 3. The maximum atomic E-state index is 13.2. The Morgan fingerprint density at radius 1 is 1.17 bits per heavy atom. The van der Waals surface area contributed by atoms with Gasteiger partial charge >= 0.3 is 0 Å². The molecule has 7 heteroatoms. The van der Waals surface area contributed by atoms with E-state index in [1.807, 2.05) is 20.8 Å². The summed E-state index contributed by atoms with van der Waals surface area (Å²) in [6, 6.07) is -0.0422. The fourth-order valence-corrected chi connectivity index (χ4v) is 4.26. The number of ketones is 2. The predicted molar refractivity (Wildman–Crippen MR) is 124 cm³/mol. The number of unbranched alkanes of at least 4 members (excludes halogenated alkanes) is 1. The second-order valence-corrected chi connectivity index (χ2v) is 9.84. The van der Waals surface area contributed by atoms with E-state index < -0.39 is 5.41 Å². The Morgan fingerprint density at radius 3 is 2.47 bits per heavy atom. The van der Waals surface area contributed by atoms with Crippen LogP contribution in [0, 0.1) is 11.3 Å². The highest BCUT2D eigenvalue weighted by Crippen LogP contribution is 2.28. The van der Waals surface area contributed by atoms with Crippen molar-refractivity contribution in [1.29, 1.82) is 0 Å². The summed E-state index contributed by atoms with van der Waals surface area (Å²) in [5, 5.41) is 0. The SMILES string of the molecule is CC(N)=NCCCC(CC(=O)C1CCCN1CC(N)CCCCN)C(=O)C(C)(C)C. The van der Waals surface area contributed by atoms with E-state index in [9.17, 15) is 9.59 Å². The minimum atomic E-state index is -0.460. The summed E-state index contributed by atoms with van der Waals surface area (Å²) in [6.45, 7) is 10.5. The van der Waals surface area contributed by atoms with E-state index in [-0.39, 0.29) is 29.6 Å². The molecule has 6 N–H and O–H groups in total. The van der Waals surface area contributed by atoms with Crippen molar-refractivity contribution in [3.05, 3.63) is 0 Å². The number of hydrogen-bond acceptors (Lipinski definition) is 6. The van der Waals surface area contributed by atoms with Crippen LogP contribution in [0.2, 0.25) is 0 Å². The Kier molecular flexibility index (Phi) is 11.7. The number of aliphatic imine (C=N–C) groups is 1. The first-order valence-electron chi connectivity index (χ1n) is 11.6. The number of amidine groups is 1. The van der Waals surface area contributed by atoms with Gasteiger partial charge in [-0.1, -0.05) is 27.2 Å². The van der Waals surface area contributed by atoms with E-state index in [4.69, 9.17) is 17.2 Å². The molecular formula is C23H45N5O2. The van der Waals surface area contributed by atoms with Crippen molar-refractivity contribution >= 4 is 17.4 Å². The van der Waals surface area contributed by atoms with Gasteiger partial charge in [-0.15, -0.1) is 0 Å². The van der Waals surface area contributed by atoms with Crippen molar-refractivity contribution < 1.29 is 9.59 Å². The first-order valence-corrected chi connectivity index (χ1v) is 11.6. The van der Waals surface area contributed by atoms with Crippen LogP contribution in [0.15, 0.2) is 4.99 Å². The lowest BCUT2D eigenvalue weighted by molar-refractivity contribution is -0.135. The summed E-state index contributed by atoms with van der Waals surface area (Å²) in [4.78, 5) is 32.6. The number of hydrogen-bond donors (Lipinski definition) is 3. The fraction of sp³-hybridized carbons (Fsp3) is 0.870. The molecule has 0 radical (unpaired) electrons. The van der Waals surface area contributed by atoms with Crippen LogP contribution in [-0.4, -0.2) is 60.6 Å². The predicted octanol–water partition coefficient (Wildman–Crippen LogP) is 2.26. The largest absolute Gasteiger partial charge is 0.388 e. The van der Waals surface area contributed by atoms with Crippen molar-refractivity contribution in [1.82, 2.24) is 4.90 Å². The van der Waals surface area contributed by atoms with Gasteiger partial charge in [0, 0.05) is 36.9 Å². The number of likely N-dealkylation sites (tertiary alicyclic amines) is 1. The quantitative estimate of drug-likeness (QED) is 0.223. The van der Waals surface area contributed by atoms with Gasteiger partial charge in [0.25, 0.3) is 0 Å². The van der Waals surface area contributed by atoms with E-state index in [0.29, 0.717) is 31.8 Å². The minimum absolute atomic E-state index is 0.0642. The summed E-state index contributed by atoms with van der Waals surface area (Å²) in [6.07, 6.45) is 6.55. The number of carbonyl (C=O) groups is 2. The van der Waals surface area contributed by atoms with Crippen LogP contribution in [0.3, 0.4) is 0 Å². The molecule has 1 rings (SSSR count). The standard InChI is InChI=1S/C23H45N5O2/c1-17(25)27-13-7-9-18(22(30)23(2,3)4)15-21(29)20-11-8-14-28(20)16-19(26)10-5-6-12-24/h18-20H,5-16,24,26H2,1-4H3,(H2,25,27). The third-order valence-corrected chi connectivity index (χ3v) is 5.86. The Balaban J connectivity index is 2.70. The van der Waals surface area contributed by atoms with Crippen LogP contribution in [0.4, 0.5) is 0 Å². The Labute approximate surface area is 183 Å².